The van der Waals surface area contributed by atoms with Crippen LogP contribution < -0.4 is 0 Å². The predicted molar refractivity (Wildman–Crippen MR) is 67.0 cm³/mol. The molecule has 1 rings (SSSR count). The molecule has 1 fully saturated rings. The van der Waals surface area contributed by atoms with Gasteiger partial charge in [-0.25, -0.2) is 4.39 Å². The number of halogens is 2. The second-order valence-corrected chi connectivity index (χ2v) is 5.33. The first kappa shape index (κ1) is 15.0. The summed E-state index contributed by atoms with van der Waals surface area (Å²) in [5.74, 6) is 1.29. The molecule has 0 heterocycles. The van der Waals surface area contributed by atoms with E-state index >= 15 is 0 Å². The molecule has 0 amide bonds. The summed E-state index contributed by atoms with van der Waals surface area (Å²) in [6.45, 7) is 8.01. The molecule has 1 aliphatic rings. The van der Waals surface area contributed by atoms with Crippen molar-refractivity contribution < 1.29 is 4.39 Å². The topological polar surface area (TPSA) is 0 Å². The molecule has 0 aliphatic heterocycles. The summed E-state index contributed by atoms with van der Waals surface area (Å²) < 4.78 is 12.2. The van der Waals surface area contributed by atoms with Crippen molar-refractivity contribution in [2.75, 3.05) is 5.88 Å². The summed E-state index contributed by atoms with van der Waals surface area (Å²) in [6, 6.07) is 0. The molecule has 0 radical (unpaired) electrons. The normalized spacial score (nSPS) is 23.1. The van der Waals surface area contributed by atoms with Gasteiger partial charge in [0.15, 0.2) is 0 Å². The van der Waals surface area contributed by atoms with Gasteiger partial charge in [0, 0.05) is 5.88 Å². The van der Waals surface area contributed by atoms with E-state index in [9.17, 15) is 4.39 Å². The Morgan fingerprint density at radius 2 is 2.00 bits per heavy atom. The zero-order valence-electron chi connectivity index (χ0n) is 10.4. The molecule has 0 nitrogen and oxygen atoms in total. The standard InChI is InChI=1S/C8H13F.C5H11Cl/c1-6(9)4-7-5-8(7,2)3;1-2-3-4-5-6/h4,7H,5H2,1-3H3;2-5H2,1H3. The van der Waals surface area contributed by atoms with E-state index < -0.39 is 0 Å². The van der Waals surface area contributed by atoms with Gasteiger partial charge in [-0.1, -0.05) is 33.6 Å². The molecule has 0 aromatic carbocycles. The molecule has 0 bridgehead atoms. The fourth-order valence-corrected chi connectivity index (χ4v) is 1.60. The van der Waals surface area contributed by atoms with Crippen LogP contribution in [0.3, 0.4) is 0 Å². The van der Waals surface area contributed by atoms with Crippen LogP contribution in [0.4, 0.5) is 4.39 Å². The lowest BCUT2D eigenvalue weighted by Crippen LogP contribution is -1.85. The van der Waals surface area contributed by atoms with Crippen molar-refractivity contribution in [1.29, 1.82) is 0 Å². The van der Waals surface area contributed by atoms with E-state index in [2.05, 4.69) is 20.8 Å². The van der Waals surface area contributed by atoms with Crippen LogP contribution in [0.5, 0.6) is 0 Å². The van der Waals surface area contributed by atoms with E-state index in [0.717, 1.165) is 12.3 Å². The van der Waals surface area contributed by atoms with Crippen molar-refractivity contribution in [2.24, 2.45) is 11.3 Å². The first-order chi connectivity index (χ1) is 6.94. The lowest BCUT2D eigenvalue weighted by Gasteiger charge is -1.95. The molecule has 1 atom stereocenters. The maximum atomic E-state index is 12.2. The maximum absolute atomic E-state index is 12.2. The second kappa shape index (κ2) is 7.27. The lowest BCUT2D eigenvalue weighted by molar-refractivity contribution is 0.585. The van der Waals surface area contributed by atoms with Gasteiger partial charge < -0.3 is 0 Å². The second-order valence-electron chi connectivity index (χ2n) is 4.95. The van der Waals surface area contributed by atoms with E-state index in [1.54, 1.807) is 6.08 Å². The Labute approximate surface area is 98.9 Å². The van der Waals surface area contributed by atoms with Crippen molar-refractivity contribution in [1.82, 2.24) is 0 Å². The van der Waals surface area contributed by atoms with Crippen LogP contribution in [0.25, 0.3) is 0 Å². The third-order valence-electron chi connectivity index (χ3n) is 2.76. The van der Waals surface area contributed by atoms with E-state index in [4.69, 9.17) is 11.6 Å². The van der Waals surface area contributed by atoms with Gasteiger partial charge in [-0.15, -0.1) is 11.6 Å². The third-order valence-corrected chi connectivity index (χ3v) is 3.02. The Kier molecular flexibility index (Phi) is 7.25. The Hall–Kier alpha value is -0.0400. The van der Waals surface area contributed by atoms with Crippen molar-refractivity contribution >= 4 is 11.6 Å². The maximum Gasteiger partial charge on any atom is 0.0931 e. The highest BCUT2D eigenvalue weighted by molar-refractivity contribution is 6.17. The molecule has 0 aromatic rings. The number of hydrogen-bond acceptors (Lipinski definition) is 0. The number of alkyl halides is 1. The van der Waals surface area contributed by atoms with Gasteiger partial charge >= 0.3 is 0 Å². The molecule has 15 heavy (non-hydrogen) atoms. The number of allylic oxidation sites excluding steroid dienone is 2. The van der Waals surface area contributed by atoms with E-state index in [0.29, 0.717) is 11.3 Å². The monoisotopic (exact) mass is 234 g/mol. The van der Waals surface area contributed by atoms with Gasteiger partial charge in [0.25, 0.3) is 0 Å². The van der Waals surface area contributed by atoms with Crippen LogP contribution >= 0.6 is 11.6 Å². The Morgan fingerprint density at radius 1 is 1.47 bits per heavy atom. The van der Waals surface area contributed by atoms with Gasteiger partial charge in [0.1, 0.15) is 0 Å². The summed E-state index contributed by atoms with van der Waals surface area (Å²) in [6.07, 6.45) is 6.60. The van der Waals surface area contributed by atoms with E-state index in [1.807, 2.05) is 0 Å². The molecular formula is C13H24ClF. The smallest absolute Gasteiger partial charge is 0.0931 e. The minimum Gasteiger partial charge on any atom is -0.212 e. The van der Waals surface area contributed by atoms with Crippen molar-refractivity contribution in [2.45, 2.75) is 53.4 Å². The average Bonchev–Trinajstić information content (AvgIpc) is 2.70. The van der Waals surface area contributed by atoms with E-state index in [-0.39, 0.29) is 5.83 Å². The molecule has 0 N–H and O–H groups in total. The zero-order valence-corrected chi connectivity index (χ0v) is 11.2. The molecule has 0 aromatic heterocycles. The highest BCUT2D eigenvalue weighted by atomic mass is 35.5. The SMILES string of the molecule is CC(F)=CC1CC1(C)C.CCCCCCl. The molecule has 1 aliphatic carbocycles. The van der Waals surface area contributed by atoms with Crippen LogP contribution in [-0.2, 0) is 0 Å². The number of unbranched alkanes of at least 4 members (excludes halogenated alkanes) is 2. The first-order valence-corrected chi connectivity index (χ1v) is 6.37. The average molecular weight is 235 g/mol. The molecule has 90 valence electrons. The molecular weight excluding hydrogens is 211 g/mol. The van der Waals surface area contributed by atoms with Crippen molar-refractivity contribution in [3.63, 3.8) is 0 Å². The minimum atomic E-state index is -0.0365. The number of hydrogen-bond donors (Lipinski definition) is 0. The predicted octanol–water partition coefficient (Wildman–Crippen LogP) is 5.32. The molecule has 2 heteroatoms. The fraction of sp³-hybridized carbons (Fsp3) is 0.846. The van der Waals surface area contributed by atoms with Crippen LogP contribution in [0.15, 0.2) is 11.9 Å². The van der Waals surface area contributed by atoms with Gasteiger partial charge in [0.05, 0.1) is 5.83 Å². The Morgan fingerprint density at radius 3 is 2.13 bits per heavy atom. The van der Waals surface area contributed by atoms with Gasteiger partial charge in [-0.2, -0.15) is 0 Å². The molecule has 0 spiro atoms. The van der Waals surface area contributed by atoms with Crippen molar-refractivity contribution in [3.8, 4) is 0 Å². The highest BCUT2D eigenvalue weighted by Crippen LogP contribution is 2.52. The van der Waals surface area contributed by atoms with E-state index in [1.165, 1.54) is 26.2 Å². The van der Waals surface area contributed by atoms with Gasteiger partial charge in [0.2, 0.25) is 0 Å². The van der Waals surface area contributed by atoms with Crippen LogP contribution in [0.2, 0.25) is 0 Å². The number of rotatable bonds is 4. The largest absolute Gasteiger partial charge is 0.212 e. The molecule has 1 saturated carbocycles. The quantitative estimate of drug-likeness (QED) is 0.456. The highest BCUT2D eigenvalue weighted by Gasteiger charge is 2.43. The molecule has 0 saturated heterocycles. The molecule has 1 unspecified atom stereocenters. The summed E-state index contributed by atoms with van der Waals surface area (Å²) in [7, 11) is 0. The zero-order chi connectivity index (χ0) is 11.9. The summed E-state index contributed by atoms with van der Waals surface area (Å²) in [5, 5.41) is 0. The lowest BCUT2D eigenvalue weighted by atomic mass is 10.1. The Bertz CT molecular complexity index is 189. The fourth-order valence-electron chi connectivity index (χ4n) is 1.41. The van der Waals surface area contributed by atoms with Crippen LogP contribution in [0, 0.1) is 11.3 Å². The third kappa shape index (κ3) is 7.84. The van der Waals surface area contributed by atoms with Gasteiger partial charge in [-0.3, -0.25) is 0 Å². The van der Waals surface area contributed by atoms with Crippen molar-refractivity contribution in [3.05, 3.63) is 11.9 Å². The summed E-state index contributed by atoms with van der Waals surface area (Å²) in [4.78, 5) is 0. The first-order valence-electron chi connectivity index (χ1n) is 5.84. The summed E-state index contributed by atoms with van der Waals surface area (Å²) >= 11 is 5.38. The van der Waals surface area contributed by atoms with Crippen LogP contribution in [0.1, 0.15) is 53.4 Å². The van der Waals surface area contributed by atoms with Crippen LogP contribution in [-0.4, -0.2) is 5.88 Å². The Balaban J connectivity index is 0.000000288. The van der Waals surface area contributed by atoms with Gasteiger partial charge in [-0.05, 0) is 37.2 Å². The minimum absolute atomic E-state index is 0.0365. The summed E-state index contributed by atoms with van der Waals surface area (Å²) in [5.41, 5.74) is 0.382.